The Morgan fingerprint density at radius 1 is 1.40 bits per heavy atom. The molecule has 5 nitrogen and oxygen atoms in total. The van der Waals surface area contributed by atoms with Crippen LogP contribution in [0, 0.1) is 0 Å². The molecule has 1 fully saturated rings. The van der Waals surface area contributed by atoms with Crippen LogP contribution in [0.1, 0.15) is 24.8 Å². The number of hydrogen-bond donors (Lipinski definition) is 3. The van der Waals surface area contributed by atoms with Crippen LogP contribution in [0.4, 0.5) is 4.79 Å². The van der Waals surface area contributed by atoms with Gasteiger partial charge in [0.2, 0.25) is 0 Å². The van der Waals surface area contributed by atoms with Crippen LogP contribution in [-0.2, 0) is 6.54 Å². The molecule has 1 unspecified atom stereocenters. The number of hydrogen-bond acceptors (Lipinski definition) is 3. The third-order valence-electron chi connectivity index (χ3n) is 3.51. The number of carbonyl (C=O) groups excluding carboxylic acids is 1. The number of urea groups is 1. The lowest BCUT2D eigenvalue weighted by atomic mass is 10.1. The summed E-state index contributed by atoms with van der Waals surface area (Å²) in [7, 11) is 1.64. The molecule has 0 radical (unpaired) electrons. The van der Waals surface area contributed by atoms with E-state index >= 15 is 0 Å². The first-order chi connectivity index (χ1) is 9.79. The zero-order chi connectivity index (χ0) is 14.2. The van der Waals surface area contributed by atoms with Crippen LogP contribution < -0.4 is 20.7 Å². The zero-order valence-electron chi connectivity index (χ0n) is 11.9. The normalized spacial score (nSPS) is 18.9. The molecule has 1 heterocycles. The van der Waals surface area contributed by atoms with Crippen molar-refractivity contribution in [2.75, 3.05) is 20.2 Å². The van der Waals surface area contributed by atoms with Crippen molar-refractivity contribution in [2.45, 2.75) is 31.8 Å². The van der Waals surface area contributed by atoms with Gasteiger partial charge in [0.25, 0.3) is 0 Å². The molecular formula is C15H23N3O2. The maximum Gasteiger partial charge on any atom is 0.315 e. The third kappa shape index (κ3) is 4.42. The molecule has 1 aromatic rings. The molecule has 0 aromatic heterocycles. The summed E-state index contributed by atoms with van der Waals surface area (Å²) in [5.74, 6) is 0.795. The van der Waals surface area contributed by atoms with Gasteiger partial charge >= 0.3 is 6.03 Å². The molecule has 0 bridgehead atoms. The Labute approximate surface area is 120 Å². The Kier molecular flexibility index (Phi) is 5.68. The highest BCUT2D eigenvalue weighted by Crippen LogP contribution is 2.16. The molecule has 2 rings (SSSR count). The number of benzene rings is 1. The van der Waals surface area contributed by atoms with Crippen LogP contribution in [0.25, 0.3) is 0 Å². The van der Waals surface area contributed by atoms with Crippen LogP contribution >= 0.6 is 0 Å². The second kappa shape index (κ2) is 7.75. The van der Waals surface area contributed by atoms with Gasteiger partial charge in [0, 0.05) is 24.7 Å². The van der Waals surface area contributed by atoms with E-state index < -0.39 is 0 Å². The van der Waals surface area contributed by atoms with Crippen molar-refractivity contribution in [3.8, 4) is 5.75 Å². The first kappa shape index (κ1) is 14.7. The Morgan fingerprint density at radius 3 is 3.10 bits per heavy atom. The SMILES string of the molecule is COc1ccccc1CNC(=O)NC1CCCCNC1. The van der Waals surface area contributed by atoms with Gasteiger partial charge in [0.15, 0.2) is 0 Å². The smallest absolute Gasteiger partial charge is 0.315 e. The number of ether oxygens (including phenoxy) is 1. The summed E-state index contributed by atoms with van der Waals surface area (Å²) >= 11 is 0. The molecule has 1 aliphatic rings. The number of rotatable bonds is 4. The van der Waals surface area contributed by atoms with Crippen LogP contribution in [0.2, 0.25) is 0 Å². The minimum Gasteiger partial charge on any atom is -0.496 e. The molecule has 3 N–H and O–H groups in total. The quantitative estimate of drug-likeness (QED) is 0.784. The van der Waals surface area contributed by atoms with E-state index in [1.54, 1.807) is 7.11 Å². The van der Waals surface area contributed by atoms with Gasteiger partial charge in [-0.1, -0.05) is 24.6 Å². The van der Waals surface area contributed by atoms with E-state index in [-0.39, 0.29) is 12.1 Å². The van der Waals surface area contributed by atoms with Crippen molar-refractivity contribution < 1.29 is 9.53 Å². The van der Waals surface area contributed by atoms with E-state index in [2.05, 4.69) is 16.0 Å². The van der Waals surface area contributed by atoms with Crippen molar-refractivity contribution in [2.24, 2.45) is 0 Å². The van der Waals surface area contributed by atoms with Gasteiger partial charge in [-0.3, -0.25) is 0 Å². The molecular weight excluding hydrogens is 254 g/mol. The molecule has 1 atom stereocenters. The summed E-state index contributed by atoms with van der Waals surface area (Å²) in [6.07, 6.45) is 3.38. The van der Waals surface area contributed by atoms with Crippen molar-refractivity contribution in [1.29, 1.82) is 0 Å². The molecule has 110 valence electrons. The van der Waals surface area contributed by atoms with Crippen LogP contribution in [-0.4, -0.2) is 32.3 Å². The molecule has 0 saturated carbocycles. The highest BCUT2D eigenvalue weighted by molar-refractivity contribution is 5.74. The predicted molar refractivity (Wildman–Crippen MR) is 78.9 cm³/mol. The van der Waals surface area contributed by atoms with Crippen molar-refractivity contribution >= 4 is 6.03 Å². The Morgan fingerprint density at radius 2 is 2.25 bits per heavy atom. The highest BCUT2D eigenvalue weighted by atomic mass is 16.5. The van der Waals surface area contributed by atoms with Gasteiger partial charge in [-0.05, 0) is 25.5 Å². The van der Waals surface area contributed by atoms with E-state index in [0.717, 1.165) is 37.2 Å². The molecule has 1 aromatic carbocycles. The molecule has 1 saturated heterocycles. The van der Waals surface area contributed by atoms with E-state index in [1.807, 2.05) is 24.3 Å². The van der Waals surface area contributed by atoms with Crippen LogP contribution in [0.15, 0.2) is 24.3 Å². The maximum atomic E-state index is 11.9. The lowest BCUT2D eigenvalue weighted by molar-refractivity contribution is 0.235. The molecule has 5 heteroatoms. The van der Waals surface area contributed by atoms with Gasteiger partial charge in [-0.15, -0.1) is 0 Å². The Hall–Kier alpha value is -1.75. The summed E-state index contributed by atoms with van der Waals surface area (Å²) in [5.41, 5.74) is 0.976. The number of nitrogens with one attached hydrogen (secondary N) is 3. The van der Waals surface area contributed by atoms with Gasteiger partial charge < -0.3 is 20.7 Å². The lowest BCUT2D eigenvalue weighted by Crippen LogP contribution is -2.45. The molecule has 1 aliphatic heterocycles. The second-order valence-electron chi connectivity index (χ2n) is 5.04. The van der Waals surface area contributed by atoms with Crippen molar-refractivity contribution in [3.63, 3.8) is 0 Å². The lowest BCUT2D eigenvalue weighted by Gasteiger charge is -2.17. The largest absolute Gasteiger partial charge is 0.496 e. The first-order valence-corrected chi connectivity index (χ1v) is 7.16. The second-order valence-corrected chi connectivity index (χ2v) is 5.04. The van der Waals surface area contributed by atoms with Crippen LogP contribution in [0.3, 0.4) is 0 Å². The minimum absolute atomic E-state index is 0.121. The third-order valence-corrected chi connectivity index (χ3v) is 3.51. The maximum absolute atomic E-state index is 11.9. The molecule has 0 aliphatic carbocycles. The predicted octanol–water partition coefficient (Wildman–Crippen LogP) is 1.64. The number of methoxy groups -OCH3 is 1. The summed E-state index contributed by atoms with van der Waals surface area (Å²) in [6, 6.07) is 7.79. The van der Waals surface area contributed by atoms with Gasteiger partial charge in [-0.25, -0.2) is 4.79 Å². The van der Waals surface area contributed by atoms with Gasteiger partial charge in [0.1, 0.15) is 5.75 Å². The van der Waals surface area contributed by atoms with E-state index in [1.165, 1.54) is 6.42 Å². The summed E-state index contributed by atoms with van der Waals surface area (Å²) in [5, 5.41) is 9.23. The average Bonchev–Trinajstić information content (AvgIpc) is 2.74. The summed E-state index contributed by atoms with van der Waals surface area (Å²) in [4.78, 5) is 11.9. The van der Waals surface area contributed by atoms with Crippen molar-refractivity contribution in [3.05, 3.63) is 29.8 Å². The molecule has 20 heavy (non-hydrogen) atoms. The Balaban J connectivity index is 1.79. The number of para-hydroxylation sites is 1. The average molecular weight is 277 g/mol. The fourth-order valence-electron chi connectivity index (χ4n) is 2.40. The number of amides is 2. The first-order valence-electron chi connectivity index (χ1n) is 7.16. The standard InChI is InChI=1S/C15H23N3O2/c1-20-14-8-3-2-6-12(14)10-17-15(19)18-13-7-4-5-9-16-11-13/h2-3,6,8,13,16H,4-5,7,9-11H2,1H3,(H2,17,18,19). The topological polar surface area (TPSA) is 62.4 Å². The van der Waals surface area contributed by atoms with Gasteiger partial charge in [0.05, 0.1) is 7.11 Å². The molecule has 0 spiro atoms. The van der Waals surface area contributed by atoms with E-state index in [0.29, 0.717) is 6.54 Å². The fraction of sp³-hybridized carbons (Fsp3) is 0.533. The van der Waals surface area contributed by atoms with Crippen LogP contribution in [0.5, 0.6) is 5.75 Å². The van der Waals surface area contributed by atoms with E-state index in [4.69, 9.17) is 4.74 Å². The van der Waals surface area contributed by atoms with Crippen molar-refractivity contribution in [1.82, 2.24) is 16.0 Å². The monoisotopic (exact) mass is 277 g/mol. The zero-order valence-corrected chi connectivity index (χ0v) is 11.9. The Bertz CT molecular complexity index is 429. The van der Waals surface area contributed by atoms with Gasteiger partial charge in [-0.2, -0.15) is 0 Å². The summed E-state index contributed by atoms with van der Waals surface area (Å²) in [6.45, 7) is 2.36. The summed E-state index contributed by atoms with van der Waals surface area (Å²) < 4.78 is 5.26. The minimum atomic E-state index is -0.121. The molecule has 2 amide bonds. The highest BCUT2D eigenvalue weighted by Gasteiger charge is 2.14. The fourth-order valence-corrected chi connectivity index (χ4v) is 2.40. The number of carbonyl (C=O) groups is 1. The van der Waals surface area contributed by atoms with E-state index in [9.17, 15) is 4.79 Å².